The predicted molar refractivity (Wildman–Crippen MR) is 92.9 cm³/mol. The Morgan fingerprint density at radius 3 is 2.88 bits per heavy atom. The minimum atomic E-state index is -0.793. The van der Waals surface area contributed by atoms with Crippen molar-refractivity contribution in [2.24, 2.45) is 17.3 Å². The summed E-state index contributed by atoms with van der Waals surface area (Å²) >= 11 is 6.18. The van der Waals surface area contributed by atoms with Gasteiger partial charge in [-0.1, -0.05) is 31.9 Å². The predicted octanol–water partition coefficient (Wildman–Crippen LogP) is 3.10. The smallest absolute Gasteiger partial charge is 0.311 e. The van der Waals surface area contributed by atoms with E-state index < -0.39 is 11.4 Å². The molecule has 2 heterocycles. The molecular formula is C18H23ClN2O4. The Hall–Kier alpha value is -1.82. The van der Waals surface area contributed by atoms with Crippen molar-refractivity contribution in [2.75, 3.05) is 19.7 Å². The van der Waals surface area contributed by atoms with Gasteiger partial charge in [0.2, 0.25) is 5.88 Å². The highest BCUT2D eigenvalue weighted by Gasteiger charge is 2.55. The molecule has 1 amide bonds. The third-order valence-electron chi connectivity index (χ3n) is 5.19. The van der Waals surface area contributed by atoms with E-state index in [0.717, 1.165) is 12.8 Å². The second-order valence-corrected chi connectivity index (χ2v) is 7.86. The van der Waals surface area contributed by atoms with Gasteiger partial charge in [0.1, 0.15) is 5.02 Å². The van der Waals surface area contributed by atoms with Crippen LogP contribution in [0.3, 0.4) is 0 Å². The van der Waals surface area contributed by atoms with Crippen molar-refractivity contribution >= 4 is 23.5 Å². The summed E-state index contributed by atoms with van der Waals surface area (Å²) in [5.41, 5.74) is -0.421. The normalized spacial score (nSPS) is 25.3. The first-order valence-corrected chi connectivity index (χ1v) is 9.02. The fourth-order valence-electron chi connectivity index (χ4n) is 3.87. The standard InChI is InChI=1S/C18H23ClN2O4/c1-11(2)9-25-15-14(19)6-12(7-20-15)16(22)21-8-13-4-3-5-18(13,10-21)17(23)24/h6-7,11,13H,3-5,8-10H2,1-2H3,(H,23,24)/t13-,18+/m0/s1. The Morgan fingerprint density at radius 1 is 1.52 bits per heavy atom. The average molecular weight is 367 g/mol. The van der Waals surface area contributed by atoms with Crippen LogP contribution in [0.25, 0.3) is 0 Å². The molecule has 6 nitrogen and oxygen atoms in total. The molecule has 1 aromatic heterocycles. The van der Waals surface area contributed by atoms with Gasteiger partial charge in [-0.3, -0.25) is 9.59 Å². The zero-order valence-electron chi connectivity index (χ0n) is 14.5. The number of rotatable bonds is 5. The quantitative estimate of drug-likeness (QED) is 0.866. The fraction of sp³-hybridized carbons (Fsp3) is 0.611. The second kappa shape index (κ2) is 6.83. The van der Waals surface area contributed by atoms with E-state index >= 15 is 0 Å². The van der Waals surface area contributed by atoms with E-state index in [-0.39, 0.29) is 18.4 Å². The zero-order chi connectivity index (χ0) is 18.2. The third kappa shape index (κ3) is 3.32. The number of aromatic nitrogens is 1. The molecule has 2 fully saturated rings. The number of nitrogens with zero attached hydrogens (tertiary/aromatic N) is 2. The van der Waals surface area contributed by atoms with Crippen molar-refractivity contribution in [2.45, 2.75) is 33.1 Å². The van der Waals surface area contributed by atoms with Crippen LogP contribution >= 0.6 is 11.6 Å². The van der Waals surface area contributed by atoms with Crippen LogP contribution in [0.15, 0.2) is 12.3 Å². The van der Waals surface area contributed by atoms with Crippen molar-refractivity contribution in [3.8, 4) is 5.88 Å². The second-order valence-electron chi connectivity index (χ2n) is 7.45. The highest BCUT2D eigenvalue weighted by molar-refractivity contribution is 6.32. The average Bonchev–Trinajstić information content (AvgIpc) is 3.11. The lowest BCUT2D eigenvalue weighted by molar-refractivity contribution is -0.149. The molecule has 0 spiro atoms. The zero-order valence-corrected chi connectivity index (χ0v) is 15.3. The van der Waals surface area contributed by atoms with Crippen LogP contribution < -0.4 is 4.74 Å². The molecule has 1 aromatic rings. The maximum absolute atomic E-state index is 12.8. The first kappa shape index (κ1) is 18.0. The number of carbonyl (C=O) groups is 2. The van der Waals surface area contributed by atoms with E-state index in [9.17, 15) is 14.7 Å². The molecule has 1 aliphatic heterocycles. The minimum Gasteiger partial charge on any atom is -0.481 e. The SMILES string of the molecule is CC(C)COc1ncc(C(=O)N2C[C@@H]3CCC[C@@]3(C(=O)O)C2)cc1Cl. The van der Waals surface area contributed by atoms with Crippen LogP contribution in [0.2, 0.25) is 5.02 Å². The van der Waals surface area contributed by atoms with E-state index in [0.29, 0.717) is 42.0 Å². The van der Waals surface area contributed by atoms with Crippen molar-refractivity contribution in [1.82, 2.24) is 9.88 Å². The topological polar surface area (TPSA) is 79.7 Å². The molecule has 1 aliphatic carbocycles. The summed E-state index contributed by atoms with van der Waals surface area (Å²) in [5, 5.41) is 9.93. The number of hydrogen-bond acceptors (Lipinski definition) is 4. The first-order valence-electron chi connectivity index (χ1n) is 8.64. The molecule has 2 atom stereocenters. The molecule has 0 bridgehead atoms. The number of halogens is 1. The van der Waals surface area contributed by atoms with Gasteiger partial charge >= 0.3 is 5.97 Å². The number of hydrogen-bond donors (Lipinski definition) is 1. The van der Waals surface area contributed by atoms with Crippen molar-refractivity contribution in [1.29, 1.82) is 0 Å². The summed E-state index contributed by atoms with van der Waals surface area (Å²) < 4.78 is 5.52. The van der Waals surface area contributed by atoms with Gasteiger partial charge in [0.15, 0.2) is 0 Å². The lowest BCUT2D eigenvalue weighted by Crippen LogP contribution is -2.37. The Balaban J connectivity index is 1.74. The number of carbonyl (C=O) groups excluding carboxylic acids is 1. The lowest BCUT2D eigenvalue weighted by Gasteiger charge is -2.23. The van der Waals surface area contributed by atoms with E-state index in [1.165, 1.54) is 6.20 Å². The van der Waals surface area contributed by atoms with Gasteiger partial charge in [-0.15, -0.1) is 0 Å². The summed E-state index contributed by atoms with van der Waals surface area (Å²) in [6.45, 7) is 5.28. The number of carboxylic acids is 1. The summed E-state index contributed by atoms with van der Waals surface area (Å²) in [7, 11) is 0. The Bertz CT molecular complexity index is 694. The molecule has 0 aromatic carbocycles. The molecule has 1 saturated carbocycles. The van der Waals surface area contributed by atoms with Gasteiger partial charge in [0, 0.05) is 19.3 Å². The Morgan fingerprint density at radius 2 is 2.28 bits per heavy atom. The van der Waals surface area contributed by atoms with Gasteiger partial charge in [-0.25, -0.2) is 4.98 Å². The van der Waals surface area contributed by atoms with Crippen LogP contribution in [0, 0.1) is 17.3 Å². The van der Waals surface area contributed by atoms with E-state index in [2.05, 4.69) is 4.98 Å². The molecule has 1 N–H and O–H groups in total. The number of carboxylic acid groups (broad SMARTS) is 1. The van der Waals surface area contributed by atoms with Gasteiger partial charge < -0.3 is 14.7 Å². The van der Waals surface area contributed by atoms with Crippen LogP contribution in [0.5, 0.6) is 5.88 Å². The summed E-state index contributed by atoms with van der Waals surface area (Å²) in [4.78, 5) is 30.3. The molecule has 0 radical (unpaired) electrons. The highest BCUT2D eigenvalue weighted by Crippen LogP contribution is 2.49. The van der Waals surface area contributed by atoms with Gasteiger partial charge in [-0.05, 0) is 30.7 Å². The van der Waals surface area contributed by atoms with Crippen LogP contribution in [0.1, 0.15) is 43.5 Å². The number of fused-ring (bicyclic) bond motifs is 1. The maximum atomic E-state index is 12.8. The van der Waals surface area contributed by atoms with E-state index in [1.54, 1.807) is 11.0 Å². The molecule has 1 saturated heterocycles. The Labute approximate surface area is 152 Å². The molecule has 136 valence electrons. The van der Waals surface area contributed by atoms with Crippen LogP contribution in [-0.4, -0.2) is 46.6 Å². The number of pyridine rings is 1. The molecule has 25 heavy (non-hydrogen) atoms. The summed E-state index contributed by atoms with van der Waals surface area (Å²) in [6, 6.07) is 1.55. The number of likely N-dealkylation sites (tertiary alicyclic amines) is 1. The monoisotopic (exact) mass is 366 g/mol. The third-order valence-corrected chi connectivity index (χ3v) is 5.46. The lowest BCUT2D eigenvalue weighted by atomic mass is 9.81. The highest BCUT2D eigenvalue weighted by atomic mass is 35.5. The fourth-order valence-corrected chi connectivity index (χ4v) is 4.09. The van der Waals surface area contributed by atoms with Gasteiger partial charge in [0.25, 0.3) is 5.91 Å². The largest absolute Gasteiger partial charge is 0.481 e. The van der Waals surface area contributed by atoms with Crippen molar-refractivity contribution < 1.29 is 19.4 Å². The van der Waals surface area contributed by atoms with Crippen molar-refractivity contribution in [3.63, 3.8) is 0 Å². The number of amides is 1. The number of ether oxygens (including phenoxy) is 1. The van der Waals surface area contributed by atoms with Crippen LogP contribution in [-0.2, 0) is 4.79 Å². The van der Waals surface area contributed by atoms with Crippen LogP contribution in [0.4, 0.5) is 0 Å². The van der Waals surface area contributed by atoms with Gasteiger partial charge in [0.05, 0.1) is 17.6 Å². The molecule has 0 unspecified atom stereocenters. The molecule has 7 heteroatoms. The maximum Gasteiger partial charge on any atom is 0.311 e. The summed E-state index contributed by atoms with van der Waals surface area (Å²) in [5.74, 6) is -0.327. The van der Waals surface area contributed by atoms with E-state index in [4.69, 9.17) is 16.3 Å². The number of aliphatic carboxylic acids is 1. The van der Waals surface area contributed by atoms with Crippen molar-refractivity contribution in [3.05, 3.63) is 22.8 Å². The van der Waals surface area contributed by atoms with E-state index in [1.807, 2.05) is 13.8 Å². The summed E-state index contributed by atoms with van der Waals surface area (Å²) in [6.07, 6.45) is 3.86. The van der Waals surface area contributed by atoms with Gasteiger partial charge in [-0.2, -0.15) is 0 Å². The molecular weight excluding hydrogens is 344 g/mol. The first-order chi connectivity index (χ1) is 11.8. The molecule has 3 rings (SSSR count). The minimum absolute atomic E-state index is 0.0334. The molecule has 2 aliphatic rings. The Kier molecular flexibility index (Phi) is 4.91.